The first-order valence-electron chi connectivity index (χ1n) is 9.28. The summed E-state index contributed by atoms with van der Waals surface area (Å²) in [6.07, 6.45) is 0. The van der Waals surface area contributed by atoms with Crippen LogP contribution in [0.2, 0.25) is 10.0 Å². The highest BCUT2D eigenvalue weighted by atomic mass is 35.5. The third kappa shape index (κ3) is 3.61. The first-order chi connectivity index (χ1) is 14.8. The Morgan fingerprint density at radius 2 is 1.84 bits per heavy atom. The molecule has 0 saturated carbocycles. The predicted octanol–water partition coefficient (Wildman–Crippen LogP) is 6.00. The van der Waals surface area contributed by atoms with E-state index in [9.17, 15) is 14.7 Å². The van der Waals surface area contributed by atoms with Gasteiger partial charge in [-0.1, -0.05) is 41.4 Å². The van der Waals surface area contributed by atoms with Crippen LogP contribution in [0.4, 0.5) is 5.69 Å². The first kappa shape index (κ1) is 21.4. The Hall–Kier alpha value is -2.80. The molecular formula is C23H17Cl2NO4S. The number of hydrogen-bond donors (Lipinski definition) is 1. The maximum absolute atomic E-state index is 13.2. The fourth-order valence-corrected chi connectivity index (χ4v) is 5.28. The molecule has 1 unspecified atom stereocenters. The molecule has 5 nitrogen and oxygen atoms in total. The van der Waals surface area contributed by atoms with Crippen molar-refractivity contribution in [1.29, 1.82) is 0 Å². The first-order valence-corrected chi connectivity index (χ1v) is 10.9. The smallest absolute Gasteiger partial charge is 0.300 e. The van der Waals surface area contributed by atoms with Gasteiger partial charge in [0, 0.05) is 15.6 Å². The van der Waals surface area contributed by atoms with E-state index in [1.807, 2.05) is 24.4 Å². The molecular weight excluding hydrogens is 457 g/mol. The van der Waals surface area contributed by atoms with E-state index >= 15 is 0 Å². The number of anilines is 1. The van der Waals surface area contributed by atoms with E-state index in [4.69, 9.17) is 27.9 Å². The summed E-state index contributed by atoms with van der Waals surface area (Å²) in [7, 11) is 1.40. The van der Waals surface area contributed by atoms with Crippen molar-refractivity contribution in [3.63, 3.8) is 0 Å². The van der Waals surface area contributed by atoms with Crippen molar-refractivity contribution in [1.82, 2.24) is 0 Å². The molecule has 2 heterocycles. The molecule has 0 aliphatic carbocycles. The third-order valence-corrected chi connectivity index (χ3v) is 6.67. The van der Waals surface area contributed by atoms with E-state index in [0.717, 1.165) is 10.4 Å². The minimum Gasteiger partial charge on any atom is -0.507 e. The molecule has 1 saturated heterocycles. The molecule has 31 heavy (non-hydrogen) atoms. The quantitative estimate of drug-likeness (QED) is 0.286. The summed E-state index contributed by atoms with van der Waals surface area (Å²) in [6.45, 7) is 1.90. The van der Waals surface area contributed by atoms with Gasteiger partial charge in [0.25, 0.3) is 11.7 Å². The molecule has 1 amide bonds. The number of para-hydroxylation sites is 1. The number of ketones is 1. The minimum absolute atomic E-state index is 0.0453. The Morgan fingerprint density at radius 1 is 1.13 bits per heavy atom. The van der Waals surface area contributed by atoms with Crippen molar-refractivity contribution in [2.24, 2.45) is 0 Å². The molecule has 1 aliphatic heterocycles. The van der Waals surface area contributed by atoms with E-state index in [1.165, 1.54) is 35.5 Å². The molecule has 158 valence electrons. The number of nitrogens with zero attached hydrogens (tertiary/aromatic N) is 1. The lowest BCUT2D eigenvalue weighted by Gasteiger charge is -2.25. The summed E-state index contributed by atoms with van der Waals surface area (Å²) in [6, 6.07) is 12.9. The molecule has 1 aliphatic rings. The number of aliphatic hydroxyl groups excluding tert-OH is 1. The van der Waals surface area contributed by atoms with Crippen molar-refractivity contribution in [2.45, 2.75) is 13.0 Å². The van der Waals surface area contributed by atoms with E-state index < -0.39 is 23.5 Å². The number of benzene rings is 2. The zero-order valence-corrected chi connectivity index (χ0v) is 18.9. The van der Waals surface area contributed by atoms with Crippen LogP contribution in [0, 0.1) is 6.92 Å². The molecule has 0 radical (unpaired) electrons. The molecule has 1 N–H and O–H groups in total. The molecule has 1 atom stereocenters. The lowest BCUT2D eigenvalue weighted by Crippen LogP contribution is -2.29. The fourth-order valence-electron chi connectivity index (χ4n) is 3.69. The van der Waals surface area contributed by atoms with Gasteiger partial charge in [0.05, 0.1) is 23.3 Å². The normalized spacial score (nSPS) is 17.9. The monoisotopic (exact) mass is 473 g/mol. The lowest BCUT2D eigenvalue weighted by molar-refractivity contribution is -0.132. The van der Waals surface area contributed by atoms with E-state index in [0.29, 0.717) is 5.69 Å². The summed E-state index contributed by atoms with van der Waals surface area (Å²) >= 11 is 13.8. The highest BCUT2D eigenvalue weighted by Gasteiger charge is 2.48. The van der Waals surface area contributed by atoms with Crippen LogP contribution in [-0.4, -0.2) is 23.9 Å². The van der Waals surface area contributed by atoms with Gasteiger partial charge in [-0.2, -0.15) is 0 Å². The Morgan fingerprint density at radius 3 is 2.45 bits per heavy atom. The third-order valence-electron chi connectivity index (χ3n) is 5.10. The Kier molecular flexibility index (Phi) is 5.79. The van der Waals surface area contributed by atoms with Crippen LogP contribution in [0.15, 0.2) is 59.5 Å². The topological polar surface area (TPSA) is 66.8 Å². The number of halogens is 2. The predicted molar refractivity (Wildman–Crippen MR) is 123 cm³/mol. The van der Waals surface area contributed by atoms with Crippen LogP contribution < -0.4 is 9.64 Å². The lowest BCUT2D eigenvalue weighted by atomic mass is 9.97. The molecule has 1 fully saturated rings. The zero-order chi connectivity index (χ0) is 22.3. The Balaban J connectivity index is 2.01. The van der Waals surface area contributed by atoms with Gasteiger partial charge in [0.2, 0.25) is 0 Å². The second-order valence-corrected chi connectivity index (χ2v) is 8.73. The Bertz CT molecular complexity index is 1220. The maximum Gasteiger partial charge on any atom is 0.300 e. The summed E-state index contributed by atoms with van der Waals surface area (Å²) in [5, 5.41) is 13.6. The zero-order valence-electron chi connectivity index (χ0n) is 16.6. The van der Waals surface area contributed by atoms with Gasteiger partial charge in [0.15, 0.2) is 0 Å². The van der Waals surface area contributed by atoms with Gasteiger partial charge in [-0.15, -0.1) is 11.3 Å². The Labute approximate surface area is 193 Å². The number of carbonyl (C=O) groups is 2. The second-order valence-electron chi connectivity index (χ2n) is 6.94. The summed E-state index contributed by atoms with van der Waals surface area (Å²) in [5.41, 5.74) is 1.55. The van der Waals surface area contributed by atoms with Crippen molar-refractivity contribution < 1.29 is 19.4 Å². The maximum atomic E-state index is 13.2. The summed E-state index contributed by atoms with van der Waals surface area (Å²) in [5.74, 6) is -1.75. The molecule has 0 spiro atoms. The largest absolute Gasteiger partial charge is 0.507 e. The van der Waals surface area contributed by atoms with Crippen LogP contribution >= 0.6 is 34.5 Å². The van der Waals surface area contributed by atoms with Gasteiger partial charge in [-0.3, -0.25) is 14.5 Å². The number of aryl methyl sites for hydroxylation is 1. The number of amides is 1. The van der Waals surface area contributed by atoms with Gasteiger partial charge >= 0.3 is 0 Å². The average Bonchev–Trinajstić information content (AvgIpc) is 3.28. The molecule has 1 aromatic heterocycles. The van der Waals surface area contributed by atoms with Crippen LogP contribution in [0.3, 0.4) is 0 Å². The number of Topliss-reactive ketones (excluding diaryl/α,β-unsaturated/α-hetero) is 1. The molecule has 2 aromatic carbocycles. The van der Waals surface area contributed by atoms with E-state index in [-0.39, 0.29) is 26.9 Å². The van der Waals surface area contributed by atoms with Crippen LogP contribution in [0.5, 0.6) is 5.75 Å². The number of carbonyl (C=O) groups excluding carboxylic acids is 2. The van der Waals surface area contributed by atoms with Crippen molar-refractivity contribution >= 4 is 57.7 Å². The van der Waals surface area contributed by atoms with Gasteiger partial charge < -0.3 is 9.84 Å². The number of rotatable bonds is 4. The SMILES string of the molecule is COc1c(Cl)cc(Cl)cc1/C(O)=C1\C(=O)C(=O)N(c2ccccc2)C1c1sccc1C. The standard InChI is InChI=1S/C23H17Cl2NO4S/c1-12-8-9-31-22(12)18-17(19(27)15-10-13(24)11-16(25)21(15)30-2)20(28)23(29)26(18)14-6-4-3-5-7-14/h3-11,18,27H,1-2H3/b19-17+. The minimum atomic E-state index is -0.801. The van der Waals surface area contributed by atoms with Crippen molar-refractivity contribution in [3.05, 3.63) is 85.5 Å². The summed E-state index contributed by atoms with van der Waals surface area (Å²) < 4.78 is 5.34. The summed E-state index contributed by atoms with van der Waals surface area (Å²) in [4.78, 5) is 28.5. The van der Waals surface area contributed by atoms with Crippen molar-refractivity contribution in [3.8, 4) is 5.75 Å². The van der Waals surface area contributed by atoms with E-state index in [1.54, 1.807) is 24.3 Å². The molecule has 4 rings (SSSR count). The number of hydrogen-bond acceptors (Lipinski definition) is 5. The van der Waals surface area contributed by atoms with Crippen LogP contribution in [0.25, 0.3) is 5.76 Å². The fraction of sp³-hybridized carbons (Fsp3) is 0.130. The van der Waals surface area contributed by atoms with Gasteiger partial charge in [0.1, 0.15) is 17.6 Å². The highest BCUT2D eigenvalue weighted by Crippen LogP contribution is 2.46. The van der Waals surface area contributed by atoms with Gasteiger partial charge in [-0.05, 0) is 48.2 Å². The van der Waals surface area contributed by atoms with Crippen molar-refractivity contribution in [2.75, 3.05) is 12.0 Å². The molecule has 3 aromatic rings. The highest BCUT2D eigenvalue weighted by molar-refractivity contribution is 7.10. The van der Waals surface area contributed by atoms with Gasteiger partial charge in [-0.25, -0.2) is 0 Å². The number of thiophene rings is 1. The van der Waals surface area contributed by atoms with Crippen LogP contribution in [0.1, 0.15) is 22.0 Å². The van der Waals surface area contributed by atoms with E-state index in [2.05, 4.69) is 0 Å². The number of aliphatic hydroxyl groups is 1. The number of ether oxygens (including phenoxy) is 1. The average molecular weight is 474 g/mol. The molecule has 0 bridgehead atoms. The molecule has 8 heteroatoms. The van der Waals surface area contributed by atoms with Crippen LogP contribution in [-0.2, 0) is 9.59 Å². The number of methoxy groups -OCH3 is 1. The second kappa shape index (κ2) is 8.38.